The number of hydrogen-bond acceptors (Lipinski definition) is 4. The highest BCUT2D eigenvalue weighted by molar-refractivity contribution is 5.90. The lowest BCUT2D eigenvalue weighted by Gasteiger charge is -2.20. The van der Waals surface area contributed by atoms with E-state index in [0.29, 0.717) is 23.5 Å². The summed E-state index contributed by atoms with van der Waals surface area (Å²) in [7, 11) is 0. The lowest BCUT2D eigenvalue weighted by molar-refractivity contribution is 0.379. The van der Waals surface area contributed by atoms with E-state index >= 15 is 0 Å². The molecule has 4 atom stereocenters. The summed E-state index contributed by atoms with van der Waals surface area (Å²) in [5.74, 6) is 2.90. The molecule has 0 radical (unpaired) electrons. The summed E-state index contributed by atoms with van der Waals surface area (Å²) in [6, 6.07) is 23.7. The molecule has 9 rings (SSSR count). The first kappa shape index (κ1) is 23.0. The third-order valence-electron chi connectivity index (χ3n) is 10.2. The molecule has 2 aliphatic carbocycles. The van der Waals surface area contributed by atoms with Crippen LogP contribution < -0.4 is 10.6 Å². The minimum Gasteiger partial charge on any atom is -0.341 e. The van der Waals surface area contributed by atoms with Gasteiger partial charge in [0.25, 0.3) is 0 Å². The Balaban J connectivity index is 0.929. The predicted molar refractivity (Wildman–Crippen MR) is 159 cm³/mol. The Morgan fingerprint density at radius 3 is 2.10 bits per heavy atom. The zero-order valence-electron chi connectivity index (χ0n) is 22.6. The number of fused-ring (bicyclic) bond motifs is 3. The average molecular weight is 527 g/mol. The van der Waals surface area contributed by atoms with E-state index in [2.05, 4.69) is 81.3 Å². The van der Waals surface area contributed by atoms with Gasteiger partial charge >= 0.3 is 0 Å². The number of rotatable bonds is 5. The molecule has 6 nitrogen and oxygen atoms in total. The first-order chi connectivity index (χ1) is 19.7. The summed E-state index contributed by atoms with van der Waals surface area (Å²) in [6.07, 6.45) is 11.9. The summed E-state index contributed by atoms with van der Waals surface area (Å²) in [4.78, 5) is 16.7. The standard InChI is InChI=1S/C34H34N6/c1-3-21(29-17-36-33(40-29)31-26-9-10-27(15-26)38-31)4-2-20(1)22-5-6-24-14-25(8-7-23(24)13-22)30-18-35-32(39-30)28-16-34(11-12-34)19-37-28/h1-8,13-14,17-18,26-28,31,37-38H,9-12,15-16,19H2,(H,35,39)(H,36,40). The third-order valence-corrected chi connectivity index (χ3v) is 10.2. The first-order valence-electron chi connectivity index (χ1n) is 14.9. The van der Waals surface area contributed by atoms with Gasteiger partial charge in [-0.15, -0.1) is 0 Å². The average Bonchev–Trinajstić information content (AvgIpc) is 3.63. The van der Waals surface area contributed by atoms with E-state index in [-0.39, 0.29) is 0 Å². The summed E-state index contributed by atoms with van der Waals surface area (Å²) in [5, 5.41) is 9.90. The Bertz CT molecular complexity index is 1730. The second-order valence-electron chi connectivity index (χ2n) is 12.8. The van der Waals surface area contributed by atoms with Crippen LogP contribution in [-0.2, 0) is 0 Å². The van der Waals surface area contributed by atoms with Crippen molar-refractivity contribution in [2.75, 3.05) is 6.54 Å². The Kier molecular flexibility index (Phi) is 4.96. The summed E-state index contributed by atoms with van der Waals surface area (Å²) in [5.41, 5.74) is 7.56. The number of piperidine rings is 1. The van der Waals surface area contributed by atoms with Crippen LogP contribution in [0.5, 0.6) is 0 Å². The van der Waals surface area contributed by atoms with Crippen LogP contribution in [0.2, 0.25) is 0 Å². The van der Waals surface area contributed by atoms with E-state index in [9.17, 15) is 0 Å². The van der Waals surface area contributed by atoms with Crippen molar-refractivity contribution in [2.45, 2.75) is 56.7 Å². The second-order valence-corrected chi connectivity index (χ2v) is 12.8. The van der Waals surface area contributed by atoms with Gasteiger partial charge < -0.3 is 20.6 Å². The van der Waals surface area contributed by atoms with Gasteiger partial charge in [-0.25, -0.2) is 9.97 Å². The zero-order valence-corrected chi connectivity index (χ0v) is 22.6. The summed E-state index contributed by atoms with van der Waals surface area (Å²) in [6.45, 7) is 1.14. The van der Waals surface area contributed by atoms with Crippen molar-refractivity contribution in [1.82, 2.24) is 30.6 Å². The van der Waals surface area contributed by atoms with Gasteiger partial charge in [0.15, 0.2) is 0 Å². The van der Waals surface area contributed by atoms with E-state index in [1.165, 1.54) is 71.6 Å². The number of benzene rings is 3. The number of aromatic amines is 2. The number of H-pyrrole nitrogens is 2. The van der Waals surface area contributed by atoms with Gasteiger partial charge in [-0.3, -0.25) is 0 Å². The van der Waals surface area contributed by atoms with Crippen LogP contribution in [0.3, 0.4) is 0 Å². The Morgan fingerprint density at radius 1 is 0.700 bits per heavy atom. The maximum absolute atomic E-state index is 4.74. The minimum absolute atomic E-state index is 0.361. The number of nitrogens with one attached hydrogen (secondary N) is 4. The number of hydrogen-bond donors (Lipinski definition) is 4. The van der Waals surface area contributed by atoms with Gasteiger partial charge in [0.05, 0.1) is 35.9 Å². The van der Waals surface area contributed by atoms with Crippen molar-refractivity contribution in [3.63, 3.8) is 0 Å². The highest BCUT2D eigenvalue weighted by Gasteiger charge is 2.49. The van der Waals surface area contributed by atoms with Crippen LogP contribution in [0.4, 0.5) is 0 Å². The molecule has 2 aliphatic heterocycles. The molecule has 1 spiro atoms. The molecule has 4 heterocycles. The Morgan fingerprint density at radius 2 is 1.38 bits per heavy atom. The lowest BCUT2D eigenvalue weighted by atomic mass is 9.98. The van der Waals surface area contributed by atoms with Crippen molar-refractivity contribution >= 4 is 10.8 Å². The highest BCUT2D eigenvalue weighted by atomic mass is 15.1. The molecule has 4 aliphatic rings. The Labute approximate surface area is 234 Å². The molecule has 2 saturated heterocycles. The van der Waals surface area contributed by atoms with E-state index in [1.807, 2.05) is 12.4 Å². The van der Waals surface area contributed by atoms with Crippen LogP contribution >= 0.6 is 0 Å². The predicted octanol–water partition coefficient (Wildman–Crippen LogP) is 6.91. The van der Waals surface area contributed by atoms with Crippen LogP contribution in [0, 0.1) is 11.3 Å². The molecule has 3 aromatic carbocycles. The molecule has 0 amide bonds. The van der Waals surface area contributed by atoms with E-state index in [4.69, 9.17) is 9.97 Å². The molecule has 4 unspecified atom stereocenters. The van der Waals surface area contributed by atoms with Gasteiger partial charge in [-0.05, 0) is 89.5 Å². The van der Waals surface area contributed by atoms with Gasteiger partial charge in [-0.1, -0.05) is 48.5 Å². The van der Waals surface area contributed by atoms with E-state index in [0.717, 1.165) is 35.5 Å². The van der Waals surface area contributed by atoms with Crippen molar-refractivity contribution in [3.8, 4) is 33.6 Å². The van der Waals surface area contributed by atoms with E-state index in [1.54, 1.807) is 0 Å². The summed E-state index contributed by atoms with van der Waals surface area (Å²) < 4.78 is 0. The van der Waals surface area contributed by atoms with Crippen LogP contribution in [0.25, 0.3) is 44.4 Å². The molecule has 2 aromatic heterocycles. The maximum atomic E-state index is 4.74. The molecule has 4 fully saturated rings. The molecular formula is C34H34N6. The van der Waals surface area contributed by atoms with Crippen molar-refractivity contribution in [2.24, 2.45) is 11.3 Å². The fourth-order valence-electron chi connectivity index (χ4n) is 7.57. The lowest BCUT2D eigenvalue weighted by Crippen LogP contribution is -2.29. The fourth-order valence-corrected chi connectivity index (χ4v) is 7.57. The van der Waals surface area contributed by atoms with Crippen LogP contribution in [0.15, 0.2) is 73.1 Å². The molecule has 40 heavy (non-hydrogen) atoms. The van der Waals surface area contributed by atoms with Gasteiger partial charge in [0.1, 0.15) is 11.6 Å². The zero-order chi connectivity index (χ0) is 26.3. The molecule has 200 valence electrons. The first-order valence-corrected chi connectivity index (χ1v) is 14.9. The van der Waals surface area contributed by atoms with Gasteiger partial charge in [0.2, 0.25) is 0 Å². The smallest absolute Gasteiger partial charge is 0.124 e. The fraction of sp³-hybridized carbons (Fsp3) is 0.353. The van der Waals surface area contributed by atoms with Crippen molar-refractivity contribution < 1.29 is 0 Å². The molecule has 2 saturated carbocycles. The SMILES string of the molecule is c1cc(-c2cnc(C3NC4CCC3C4)[nH]2)ccc1-c1ccc2cc(-c3cnc(C4CC5(CC5)CN4)[nH]3)ccc2c1. The molecule has 4 N–H and O–H groups in total. The third kappa shape index (κ3) is 3.85. The minimum atomic E-state index is 0.361. The van der Waals surface area contributed by atoms with Crippen LogP contribution in [-0.4, -0.2) is 32.5 Å². The molecular weight excluding hydrogens is 492 g/mol. The van der Waals surface area contributed by atoms with Crippen LogP contribution in [0.1, 0.15) is 62.3 Å². The van der Waals surface area contributed by atoms with Crippen molar-refractivity contribution in [1.29, 1.82) is 0 Å². The number of imidazole rings is 2. The topological polar surface area (TPSA) is 81.4 Å². The van der Waals surface area contributed by atoms with Gasteiger partial charge in [-0.2, -0.15) is 0 Å². The molecule has 5 aromatic rings. The van der Waals surface area contributed by atoms with Gasteiger partial charge in [0, 0.05) is 18.2 Å². The molecule has 6 heteroatoms. The quantitative estimate of drug-likeness (QED) is 0.200. The normalized spacial score (nSPS) is 26.3. The number of aromatic nitrogens is 4. The largest absolute Gasteiger partial charge is 0.341 e. The highest BCUT2D eigenvalue weighted by Crippen LogP contribution is 2.54. The summed E-state index contributed by atoms with van der Waals surface area (Å²) >= 11 is 0. The monoisotopic (exact) mass is 526 g/mol. The second kappa shape index (κ2) is 8.63. The van der Waals surface area contributed by atoms with Crippen molar-refractivity contribution in [3.05, 3.63) is 84.7 Å². The maximum Gasteiger partial charge on any atom is 0.124 e. The van der Waals surface area contributed by atoms with E-state index < -0.39 is 0 Å². The number of nitrogens with zero attached hydrogens (tertiary/aromatic N) is 2. The molecule has 2 bridgehead atoms. The Hall–Kier alpha value is -3.74.